The van der Waals surface area contributed by atoms with Gasteiger partial charge in [0.25, 0.3) is 0 Å². The number of nitrogens with two attached hydrogens (primary N) is 1. The van der Waals surface area contributed by atoms with E-state index in [0.29, 0.717) is 6.54 Å². The second-order valence-corrected chi connectivity index (χ2v) is 5.97. The molecule has 2 aromatic rings. The van der Waals surface area contributed by atoms with Crippen molar-refractivity contribution in [3.05, 3.63) is 35.8 Å². The molecule has 2 heterocycles. The van der Waals surface area contributed by atoms with Crippen LogP contribution in [-0.4, -0.2) is 33.8 Å². The summed E-state index contributed by atoms with van der Waals surface area (Å²) in [6.45, 7) is 5.94. The first-order valence-electron chi connectivity index (χ1n) is 7.61. The number of aromatic nitrogens is 2. The van der Waals surface area contributed by atoms with Crippen molar-refractivity contribution in [2.75, 3.05) is 6.54 Å². The number of rotatable bonds is 6. The van der Waals surface area contributed by atoms with E-state index in [1.807, 2.05) is 49.7 Å². The fraction of sp³-hybridized carbons (Fsp3) is 0.438. The summed E-state index contributed by atoms with van der Waals surface area (Å²) in [4.78, 5) is 27.9. The molecule has 0 bridgehead atoms. The number of hydrogen-bond acceptors (Lipinski definition) is 4. The van der Waals surface area contributed by atoms with E-state index in [9.17, 15) is 9.59 Å². The molecular weight excluding hydrogens is 365 g/mol. The van der Waals surface area contributed by atoms with Crippen molar-refractivity contribution < 1.29 is 9.59 Å². The lowest BCUT2D eigenvalue weighted by atomic mass is 10.1. The Morgan fingerprint density at radius 3 is 2.52 bits per heavy atom. The summed E-state index contributed by atoms with van der Waals surface area (Å²) in [7, 11) is 0. The van der Waals surface area contributed by atoms with Crippen LogP contribution in [0.4, 0.5) is 0 Å². The first kappa shape index (κ1) is 23.2. The Balaban J connectivity index is 0.00000288. The molecule has 7 nitrogen and oxygen atoms in total. The molecule has 4 N–H and O–H groups in total. The van der Waals surface area contributed by atoms with Gasteiger partial charge in [-0.2, -0.15) is 0 Å². The van der Waals surface area contributed by atoms with E-state index in [4.69, 9.17) is 5.73 Å². The molecule has 9 heteroatoms. The molecule has 0 fully saturated rings. The van der Waals surface area contributed by atoms with Crippen molar-refractivity contribution in [3.63, 3.8) is 0 Å². The fourth-order valence-corrected chi connectivity index (χ4v) is 2.08. The number of aryl methyl sites for hydroxylation is 1. The molecule has 2 amide bonds. The van der Waals surface area contributed by atoms with Crippen LogP contribution in [0.5, 0.6) is 0 Å². The predicted octanol–water partition coefficient (Wildman–Crippen LogP) is 1.20. The highest BCUT2D eigenvalue weighted by atomic mass is 35.5. The van der Waals surface area contributed by atoms with Crippen molar-refractivity contribution in [2.45, 2.75) is 33.4 Å². The second-order valence-electron chi connectivity index (χ2n) is 5.97. The number of carbonyl (C=O) groups excluding carboxylic acids is 2. The summed E-state index contributed by atoms with van der Waals surface area (Å²) in [5.41, 5.74) is 8.43. The third kappa shape index (κ3) is 6.53. The zero-order valence-electron chi connectivity index (χ0n) is 14.5. The highest BCUT2D eigenvalue weighted by Crippen LogP contribution is 2.07. The minimum atomic E-state index is -0.607. The Morgan fingerprint density at radius 1 is 1.20 bits per heavy atom. The zero-order chi connectivity index (χ0) is 17.0. The van der Waals surface area contributed by atoms with Crippen molar-refractivity contribution in [1.29, 1.82) is 0 Å². The van der Waals surface area contributed by atoms with E-state index in [-0.39, 0.29) is 49.1 Å². The largest absolute Gasteiger partial charge is 0.349 e. The van der Waals surface area contributed by atoms with E-state index < -0.39 is 6.04 Å². The molecule has 0 saturated carbocycles. The van der Waals surface area contributed by atoms with Crippen LogP contribution >= 0.6 is 24.8 Å². The lowest BCUT2D eigenvalue weighted by Gasteiger charge is -2.14. The normalized spacial score (nSPS) is 11.4. The molecule has 0 radical (unpaired) electrons. The molecule has 2 aromatic heterocycles. The summed E-state index contributed by atoms with van der Waals surface area (Å²) >= 11 is 0. The SMILES string of the molecule is Cc1ccc2nc(CNC(=O)CNC(=O)[C@@H](N)C(C)C)cn2c1.Cl.Cl. The van der Waals surface area contributed by atoms with Crippen LogP contribution in [0.1, 0.15) is 25.1 Å². The Hall–Kier alpha value is -1.83. The molecule has 0 aliphatic heterocycles. The predicted molar refractivity (Wildman–Crippen MR) is 102 cm³/mol. The monoisotopic (exact) mass is 389 g/mol. The molecule has 140 valence electrons. The summed E-state index contributed by atoms with van der Waals surface area (Å²) in [5, 5.41) is 5.26. The summed E-state index contributed by atoms with van der Waals surface area (Å²) in [6.07, 6.45) is 3.84. The number of halogens is 2. The number of amides is 2. The zero-order valence-corrected chi connectivity index (χ0v) is 16.1. The van der Waals surface area contributed by atoms with Gasteiger partial charge in [-0.1, -0.05) is 19.9 Å². The number of pyridine rings is 1. The van der Waals surface area contributed by atoms with Gasteiger partial charge in [0, 0.05) is 12.4 Å². The van der Waals surface area contributed by atoms with Gasteiger partial charge in [-0.3, -0.25) is 9.59 Å². The number of nitrogens with zero attached hydrogens (tertiary/aromatic N) is 2. The Morgan fingerprint density at radius 2 is 1.88 bits per heavy atom. The quantitative estimate of drug-likeness (QED) is 0.690. The van der Waals surface area contributed by atoms with Gasteiger partial charge in [0.2, 0.25) is 11.8 Å². The molecule has 0 saturated heterocycles. The van der Waals surface area contributed by atoms with Crippen LogP contribution in [0.3, 0.4) is 0 Å². The molecule has 0 aliphatic rings. The van der Waals surface area contributed by atoms with E-state index in [1.54, 1.807) is 0 Å². The van der Waals surface area contributed by atoms with Gasteiger partial charge >= 0.3 is 0 Å². The maximum atomic E-state index is 11.8. The first-order valence-corrected chi connectivity index (χ1v) is 7.61. The van der Waals surface area contributed by atoms with Crippen LogP contribution in [-0.2, 0) is 16.1 Å². The van der Waals surface area contributed by atoms with E-state index in [1.165, 1.54) is 0 Å². The Kier molecular flexibility index (Phi) is 9.48. The standard InChI is InChI=1S/C16H23N5O2.2ClH/c1-10(2)15(17)16(23)19-7-14(22)18-6-12-9-21-8-11(3)4-5-13(21)20-12;;/h4-5,8-10,15H,6-7,17H2,1-3H3,(H,18,22)(H,19,23);2*1H/t15-;;/m0../s1. The Labute approximate surface area is 159 Å². The van der Waals surface area contributed by atoms with Gasteiger partial charge in [-0.15, -0.1) is 24.8 Å². The van der Waals surface area contributed by atoms with Gasteiger partial charge < -0.3 is 20.8 Å². The van der Waals surface area contributed by atoms with Crippen LogP contribution in [0.25, 0.3) is 5.65 Å². The van der Waals surface area contributed by atoms with Crippen molar-refractivity contribution in [1.82, 2.24) is 20.0 Å². The van der Waals surface area contributed by atoms with E-state index in [0.717, 1.165) is 16.9 Å². The van der Waals surface area contributed by atoms with Crippen LogP contribution in [0.2, 0.25) is 0 Å². The number of imidazole rings is 1. The summed E-state index contributed by atoms with van der Waals surface area (Å²) in [6, 6.07) is 3.30. The van der Waals surface area contributed by atoms with Gasteiger partial charge in [-0.05, 0) is 24.5 Å². The summed E-state index contributed by atoms with van der Waals surface area (Å²) < 4.78 is 1.92. The van der Waals surface area contributed by atoms with Crippen molar-refractivity contribution in [2.24, 2.45) is 11.7 Å². The van der Waals surface area contributed by atoms with Gasteiger partial charge in [0.1, 0.15) is 5.65 Å². The minimum Gasteiger partial charge on any atom is -0.349 e. The van der Waals surface area contributed by atoms with Gasteiger partial charge in [-0.25, -0.2) is 4.98 Å². The maximum Gasteiger partial charge on any atom is 0.239 e. The minimum absolute atomic E-state index is 0. The third-order valence-corrected chi connectivity index (χ3v) is 3.56. The average molecular weight is 390 g/mol. The maximum absolute atomic E-state index is 11.8. The number of carbonyl (C=O) groups is 2. The fourth-order valence-electron chi connectivity index (χ4n) is 2.08. The molecule has 0 aromatic carbocycles. The average Bonchev–Trinajstić information content (AvgIpc) is 2.91. The highest BCUT2D eigenvalue weighted by Gasteiger charge is 2.17. The van der Waals surface area contributed by atoms with Gasteiger partial charge in [0.15, 0.2) is 0 Å². The molecule has 0 unspecified atom stereocenters. The lowest BCUT2D eigenvalue weighted by molar-refractivity contribution is -0.127. The van der Waals surface area contributed by atoms with Crippen molar-refractivity contribution >= 4 is 42.3 Å². The molecule has 1 atom stereocenters. The first-order chi connectivity index (χ1) is 10.9. The van der Waals surface area contributed by atoms with E-state index >= 15 is 0 Å². The molecule has 25 heavy (non-hydrogen) atoms. The van der Waals surface area contributed by atoms with E-state index in [2.05, 4.69) is 15.6 Å². The van der Waals surface area contributed by atoms with Crippen molar-refractivity contribution in [3.8, 4) is 0 Å². The highest BCUT2D eigenvalue weighted by molar-refractivity contribution is 5.87. The summed E-state index contributed by atoms with van der Waals surface area (Å²) in [5.74, 6) is -0.569. The molecule has 0 spiro atoms. The second kappa shape index (κ2) is 10.2. The lowest BCUT2D eigenvalue weighted by Crippen LogP contribution is -2.47. The molecule has 2 rings (SSSR count). The van der Waals surface area contributed by atoms with Crippen LogP contribution in [0.15, 0.2) is 24.5 Å². The van der Waals surface area contributed by atoms with Gasteiger partial charge in [0.05, 0.1) is 24.8 Å². The smallest absolute Gasteiger partial charge is 0.239 e. The number of nitrogens with one attached hydrogen (secondary N) is 2. The number of fused-ring (bicyclic) bond motifs is 1. The number of hydrogen-bond donors (Lipinski definition) is 3. The molecular formula is C16H25Cl2N5O2. The Bertz CT molecular complexity index is 718. The van der Waals surface area contributed by atoms with Crippen LogP contribution in [0, 0.1) is 12.8 Å². The van der Waals surface area contributed by atoms with Crippen LogP contribution < -0.4 is 16.4 Å². The topological polar surface area (TPSA) is 102 Å². The third-order valence-electron chi connectivity index (χ3n) is 3.56. The molecule has 0 aliphatic carbocycles.